The van der Waals surface area contributed by atoms with Gasteiger partial charge in [0.1, 0.15) is 5.82 Å². The first kappa shape index (κ1) is 11.3. The molecule has 0 amide bonds. The highest BCUT2D eigenvalue weighted by Gasteiger charge is 2.24. The molecular weight excluding hydrogens is 220 g/mol. The Balaban J connectivity index is 1.92. The van der Waals surface area contributed by atoms with E-state index in [4.69, 9.17) is 0 Å². The number of hydrogen-bond acceptors (Lipinski definition) is 2. The van der Waals surface area contributed by atoms with Crippen LogP contribution >= 0.6 is 0 Å². The summed E-state index contributed by atoms with van der Waals surface area (Å²) in [6.07, 6.45) is 5.68. The van der Waals surface area contributed by atoms with E-state index in [9.17, 15) is 0 Å². The van der Waals surface area contributed by atoms with Crippen LogP contribution < -0.4 is 4.90 Å². The van der Waals surface area contributed by atoms with Gasteiger partial charge in [-0.25, -0.2) is 4.98 Å². The van der Waals surface area contributed by atoms with E-state index in [1.54, 1.807) is 0 Å². The van der Waals surface area contributed by atoms with Gasteiger partial charge in [-0.3, -0.25) is 0 Å². The third-order valence-corrected chi connectivity index (χ3v) is 3.63. The molecule has 3 rings (SSSR count). The molecule has 0 spiro atoms. The fraction of sp³-hybridized carbons (Fsp3) is 0.312. The van der Waals surface area contributed by atoms with Crippen LogP contribution in [0.25, 0.3) is 0 Å². The zero-order chi connectivity index (χ0) is 12.2. The van der Waals surface area contributed by atoms with Gasteiger partial charge in [0.15, 0.2) is 0 Å². The summed E-state index contributed by atoms with van der Waals surface area (Å²) in [6, 6.07) is 17.4. The molecule has 18 heavy (non-hydrogen) atoms. The van der Waals surface area contributed by atoms with Gasteiger partial charge in [0.05, 0.1) is 6.04 Å². The lowest BCUT2D eigenvalue weighted by Gasteiger charge is -2.37. The third-order valence-electron chi connectivity index (χ3n) is 3.63. The number of pyridine rings is 1. The van der Waals surface area contributed by atoms with Gasteiger partial charge in [0, 0.05) is 12.7 Å². The number of piperidine rings is 1. The van der Waals surface area contributed by atoms with Crippen molar-refractivity contribution >= 4 is 5.82 Å². The van der Waals surface area contributed by atoms with Crippen LogP contribution in [0.4, 0.5) is 5.82 Å². The minimum Gasteiger partial charge on any atom is -0.350 e. The Bertz CT molecular complexity index is 433. The van der Waals surface area contributed by atoms with Crippen LogP contribution in [0.1, 0.15) is 30.9 Å². The molecule has 1 aromatic carbocycles. The van der Waals surface area contributed by atoms with Crippen molar-refractivity contribution in [3.8, 4) is 0 Å². The number of nitrogens with zero attached hydrogens (tertiary/aromatic N) is 2. The minimum absolute atomic E-state index is 0.481. The van der Waals surface area contributed by atoms with Gasteiger partial charge in [-0.1, -0.05) is 36.4 Å². The van der Waals surface area contributed by atoms with Crippen molar-refractivity contribution < 1.29 is 0 Å². The average Bonchev–Trinajstić information content (AvgIpc) is 2.49. The molecule has 0 aliphatic carbocycles. The maximum Gasteiger partial charge on any atom is 0.128 e. The van der Waals surface area contributed by atoms with Gasteiger partial charge < -0.3 is 4.90 Å². The summed E-state index contributed by atoms with van der Waals surface area (Å²) in [6.45, 7) is 1.11. The van der Waals surface area contributed by atoms with Crippen LogP contribution in [0.3, 0.4) is 0 Å². The van der Waals surface area contributed by atoms with E-state index in [0.717, 1.165) is 12.4 Å². The summed E-state index contributed by atoms with van der Waals surface area (Å²) in [5, 5.41) is 0. The summed E-state index contributed by atoms with van der Waals surface area (Å²) in [5.74, 6) is 1.10. The molecule has 2 heteroatoms. The molecule has 1 aliphatic rings. The molecule has 0 radical (unpaired) electrons. The lowest BCUT2D eigenvalue weighted by molar-refractivity contribution is 0.469. The van der Waals surface area contributed by atoms with Gasteiger partial charge >= 0.3 is 0 Å². The summed E-state index contributed by atoms with van der Waals surface area (Å²) >= 11 is 0. The molecule has 2 nitrogen and oxygen atoms in total. The van der Waals surface area contributed by atoms with E-state index >= 15 is 0 Å². The lowest BCUT2D eigenvalue weighted by atomic mass is 9.95. The highest BCUT2D eigenvalue weighted by atomic mass is 15.2. The molecular formula is C16H18N2. The number of benzene rings is 1. The van der Waals surface area contributed by atoms with Crippen LogP contribution in [-0.4, -0.2) is 11.5 Å². The molecule has 92 valence electrons. The normalized spacial score (nSPS) is 19.8. The summed E-state index contributed by atoms with van der Waals surface area (Å²) in [7, 11) is 0. The largest absolute Gasteiger partial charge is 0.350 e. The lowest BCUT2D eigenvalue weighted by Crippen LogP contribution is -2.33. The second-order valence-electron chi connectivity index (χ2n) is 4.80. The van der Waals surface area contributed by atoms with Crippen molar-refractivity contribution in [3.05, 3.63) is 60.3 Å². The molecule has 2 aromatic rings. The van der Waals surface area contributed by atoms with E-state index in [2.05, 4.69) is 52.3 Å². The van der Waals surface area contributed by atoms with Crippen LogP contribution in [0.5, 0.6) is 0 Å². The van der Waals surface area contributed by atoms with Gasteiger partial charge in [-0.15, -0.1) is 0 Å². The molecule has 1 atom stereocenters. The molecule has 2 heterocycles. The second kappa shape index (κ2) is 5.21. The van der Waals surface area contributed by atoms with Crippen LogP contribution in [-0.2, 0) is 0 Å². The van der Waals surface area contributed by atoms with Crippen molar-refractivity contribution in [2.45, 2.75) is 25.3 Å². The maximum absolute atomic E-state index is 4.50. The van der Waals surface area contributed by atoms with Gasteiger partial charge in [-0.2, -0.15) is 0 Å². The Morgan fingerprint density at radius 1 is 0.944 bits per heavy atom. The number of anilines is 1. The van der Waals surface area contributed by atoms with E-state index in [1.165, 1.54) is 24.8 Å². The van der Waals surface area contributed by atoms with Crippen molar-refractivity contribution in [3.63, 3.8) is 0 Å². The standard InChI is InChI=1S/C16H18N2/c1-2-8-14(9-3-1)15-10-5-7-13-18(15)16-11-4-6-12-17-16/h1-4,6,8-9,11-12,15H,5,7,10,13H2. The number of hydrogen-bond donors (Lipinski definition) is 0. The summed E-state index contributed by atoms with van der Waals surface area (Å²) in [4.78, 5) is 6.95. The fourth-order valence-corrected chi connectivity index (χ4v) is 2.75. The van der Waals surface area contributed by atoms with Crippen LogP contribution in [0, 0.1) is 0 Å². The number of aromatic nitrogens is 1. The Kier molecular flexibility index (Phi) is 3.26. The van der Waals surface area contributed by atoms with Crippen molar-refractivity contribution in [1.82, 2.24) is 4.98 Å². The van der Waals surface area contributed by atoms with E-state index in [0.29, 0.717) is 6.04 Å². The Morgan fingerprint density at radius 3 is 2.56 bits per heavy atom. The molecule has 1 fully saturated rings. The van der Waals surface area contributed by atoms with Gasteiger partial charge in [-0.05, 0) is 37.0 Å². The highest BCUT2D eigenvalue weighted by Crippen LogP contribution is 2.33. The van der Waals surface area contributed by atoms with E-state index in [1.807, 2.05) is 12.3 Å². The highest BCUT2D eigenvalue weighted by molar-refractivity contribution is 5.42. The topological polar surface area (TPSA) is 16.1 Å². The second-order valence-corrected chi connectivity index (χ2v) is 4.80. The zero-order valence-corrected chi connectivity index (χ0v) is 10.5. The Hall–Kier alpha value is -1.83. The number of rotatable bonds is 2. The monoisotopic (exact) mass is 238 g/mol. The first-order valence-corrected chi connectivity index (χ1v) is 6.68. The van der Waals surface area contributed by atoms with Gasteiger partial charge in [0.2, 0.25) is 0 Å². The van der Waals surface area contributed by atoms with Crippen molar-refractivity contribution in [2.75, 3.05) is 11.4 Å². The predicted molar refractivity (Wildman–Crippen MR) is 74.6 cm³/mol. The SMILES string of the molecule is c1ccc(C2CCCCN2c2ccccn2)cc1. The van der Waals surface area contributed by atoms with Crippen LogP contribution in [0.2, 0.25) is 0 Å². The van der Waals surface area contributed by atoms with Crippen molar-refractivity contribution in [1.29, 1.82) is 0 Å². The molecule has 0 saturated carbocycles. The molecule has 1 aliphatic heterocycles. The quantitative estimate of drug-likeness (QED) is 0.790. The van der Waals surface area contributed by atoms with E-state index in [-0.39, 0.29) is 0 Å². The Labute approximate surface area is 108 Å². The maximum atomic E-state index is 4.50. The Morgan fingerprint density at radius 2 is 1.78 bits per heavy atom. The van der Waals surface area contributed by atoms with Crippen molar-refractivity contribution in [2.24, 2.45) is 0 Å². The smallest absolute Gasteiger partial charge is 0.128 e. The predicted octanol–water partition coefficient (Wildman–Crippen LogP) is 3.81. The molecule has 1 unspecified atom stereocenters. The van der Waals surface area contributed by atoms with Gasteiger partial charge in [0.25, 0.3) is 0 Å². The van der Waals surface area contributed by atoms with E-state index < -0.39 is 0 Å². The molecule has 0 bridgehead atoms. The molecule has 1 saturated heterocycles. The minimum atomic E-state index is 0.481. The first-order chi connectivity index (χ1) is 8.95. The summed E-state index contributed by atoms with van der Waals surface area (Å²) in [5.41, 5.74) is 1.41. The molecule has 0 N–H and O–H groups in total. The molecule has 1 aromatic heterocycles. The first-order valence-electron chi connectivity index (χ1n) is 6.68. The van der Waals surface area contributed by atoms with Crippen LogP contribution in [0.15, 0.2) is 54.7 Å². The summed E-state index contributed by atoms with van der Waals surface area (Å²) < 4.78 is 0. The fourth-order valence-electron chi connectivity index (χ4n) is 2.75. The zero-order valence-electron chi connectivity index (χ0n) is 10.5. The third kappa shape index (κ3) is 2.23. The average molecular weight is 238 g/mol.